The van der Waals surface area contributed by atoms with Crippen LogP contribution in [-0.4, -0.2) is 10.1 Å². The molecule has 8 heteroatoms. The molecule has 0 saturated heterocycles. The van der Waals surface area contributed by atoms with Crippen LogP contribution in [0.15, 0.2) is 28.8 Å². The van der Waals surface area contributed by atoms with Gasteiger partial charge in [-0.3, -0.25) is 0 Å². The molecule has 1 aromatic heterocycles. The molecule has 124 valence electrons. The molecule has 5 nitrogen and oxygen atoms in total. The second-order valence-electron chi connectivity index (χ2n) is 5.72. The molecule has 1 atom stereocenters. The molecular formula is C15H16F3N3O2. The average molecular weight is 327 g/mol. The van der Waals surface area contributed by atoms with E-state index in [4.69, 9.17) is 15.0 Å². The highest BCUT2D eigenvalue weighted by molar-refractivity contribution is 5.35. The molecular weight excluding hydrogens is 311 g/mol. The number of hydrogen-bond acceptors (Lipinski definition) is 5. The van der Waals surface area contributed by atoms with Crippen molar-refractivity contribution < 1.29 is 22.4 Å². The van der Waals surface area contributed by atoms with E-state index in [2.05, 4.69) is 10.1 Å². The average Bonchev–Trinajstić information content (AvgIpc) is 2.94. The van der Waals surface area contributed by atoms with E-state index in [0.717, 1.165) is 25.3 Å². The molecule has 0 radical (unpaired) electrons. The lowest BCUT2D eigenvalue weighted by Gasteiger charge is -2.34. The van der Waals surface area contributed by atoms with Crippen LogP contribution in [0.5, 0.6) is 5.75 Å². The van der Waals surface area contributed by atoms with Gasteiger partial charge < -0.3 is 15.0 Å². The first-order valence-corrected chi connectivity index (χ1v) is 7.25. The maximum absolute atomic E-state index is 13.0. The fraction of sp³-hybridized carbons (Fsp3) is 0.467. The monoisotopic (exact) mass is 327 g/mol. The van der Waals surface area contributed by atoms with E-state index < -0.39 is 23.4 Å². The second kappa shape index (κ2) is 5.52. The molecule has 1 unspecified atom stereocenters. The molecule has 2 N–H and O–H groups in total. The first-order valence-electron chi connectivity index (χ1n) is 7.25. The Morgan fingerprint density at radius 2 is 2.00 bits per heavy atom. The summed E-state index contributed by atoms with van der Waals surface area (Å²) in [5.74, 6) is 0.199. The van der Waals surface area contributed by atoms with Crippen LogP contribution in [0, 0.1) is 0 Å². The Morgan fingerprint density at radius 3 is 2.61 bits per heavy atom. The van der Waals surface area contributed by atoms with Crippen LogP contribution >= 0.6 is 0 Å². The molecule has 0 bridgehead atoms. The predicted octanol–water partition coefficient (Wildman–Crippen LogP) is 3.57. The maximum Gasteiger partial charge on any atom is 0.419 e. The minimum absolute atomic E-state index is 0.105. The van der Waals surface area contributed by atoms with E-state index in [-0.39, 0.29) is 11.6 Å². The SMILES string of the molecule is CC(Oc1ccccc1C(F)(F)F)c1nc(C2(N)CCC2)no1. The molecule has 1 aliphatic carbocycles. The van der Waals surface area contributed by atoms with Gasteiger partial charge in [0.15, 0.2) is 11.9 Å². The number of nitrogens with zero attached hydrogens (tertiary/aromatic N) is 2. The molecule has 1 heterocycles. The molecule has 1 fully saturated rings. The van der Waals surface area contributed by atoms with Crippen LogP contribution in [0.2, 0.25) is 0 Å². The molecule has 0 spiro atoms. The molecule has 1 saturated carbocycles. The van der Waals surface area contributed by atoms with Crippen molar-refractivity contribution in [1.82, 2.24) is 10.1 Å². The number of hydrogen-bond donors (Lipinski definition) is 1. The van der Waals surface area contributed by atoms with Crippen LogP contribution in [0.1, 0.15) is 49.6 Å². The van der Waals surface area contributed by atoms with E-state index in [1.807, 2.05) is 0 Å². The summed E-state index contributed by atoms with van der Waals surface area (Å²) in [6.45, 7) is 1.55. The molecule has 2 aromatic rings. The van der Waals surface area contributed by atoms with Gasteiger partial charge in [-0.1, -0.05) is 17.3 Å². The highest BCUT2D eigenvalue weighted by Gasteiger charge is 2.40. The summed E-state index contributed by atoms with van der Waals surface area (Å²) < 4.78 is 49.4. The van der Waals surface area contributed by atoms with Crippen molar-refractivity contribution in [3.8, 4) is 5.75 Å². The number of nitrogens with two attached hydrogens (primary N) is 1. The van der Waals surface area contributed by atoms with Gasteiger partial charge >= 0.3 is 6.18 Å². The summed E-state index contributed by atoms with van der Waals surface area (Å²) in [5.41, 5.74) is 4.66. The van der Waals surface area contributed by atoms with Crippen molar-refractivity contribution in [2.75, 3.05) is 0 Å². The Bertz CT molecular complexity index is 695. The van der Waals surface area contributed by atoms with E-state index in [1.165, 1.54) is 18.2 Å². The van der Waals surface area contributed by atoms with Gasteiger partial charge in [0.25, 0.3) is 5.89 Å². The lowest BCUT2D eigenvalue weighted by Crippen LogP contribution is -2.44. The Kier molecular flexibility index (Phi) is 3.79. The van der Waals surface area contributed by atoms with Gasteiger partial charge in [-0.15, -0.1) is 0 Å². The van der Waals surface area contributed by atoms with Gasteiger partial charge in [-0.05, 0) is 38.3 Å². The first kappa shape index (κ1) is 15.8. The van der Waals surface area contributed by atoms with Gasteiger partial charge in [0, 0.05) is 0 Å². The Balaban J connectivity index is 1.79. The lowest BCUT2D eigenvalue weighted by atomic mass is 9.77. The zero-order chi connectivity index (χ0) is 16.7. The van der Waals surface area contributed by atoms with Crippen molar-refractivity contribution in [2.24, 2.45) is 5.73 Å². The van der Waals surface area contributed by atoms with Gasteiger partial charge in [0.1, 0.15) is 5.75 Å². The molecule has 0 aliphatic heterocycles. The third-order valence-electron chi connectivity index (χ3n) is 3.98. The number of rotatable bonds is 4. The number of ether oxygens (including phenoxy) is 1. The highest BCUT2D eigenvalue weighted by Crippen LogP contribution is 2.39. The molecule has 0 amide bonds. The zero-order valence-electron chi connectivity index (χ0n) is 12.4. The summed E-state index contributed by atoms with van der Waals surface area (Å²) in [6.07, 6.45) is -2.80. The summed E-state index contributed by atoms with van der Waals surface area (Å²) in [5, 5.41) is 3.83. The number of para-hydroxylation sites is 1. The molecule has 23 heavy (non-hydrogen) atoms. The largest absolute Gasteiger partial charge is 0.480 e. The Labute approximate surface area is 130 Å². The number of halogens is 3. The summed E-state index contributed by atoms with van der Waals surface area (Å²) in [6, 6.07) is 5.00. The van der Waals surface area contributed by atoms with Gasteiger partial charge in [-0.2, -0.15) is 18.2 Å². The van der Waals surface area contributed by atoms with Gasteiger partial charge in [-0.25, -0.2) is 0 Å². The summed E-state index contributed by atoms with van der Waals surface area (Å²) >= 11 is 0. The van der Waals surface area contributed by atoms with Crippen molar-refractivity contribution >= 4 is 0 Å². The fourth-order valence-corrected chi connectivity index (χ4v) is 2.43. The topological polar surface area (TPSA) is 74.2 Å². The van der Waals surface area contributed by atoms with E-state index >= 15 is 0 Å². The fourth-order valence-electron chi connectivity index (χ4n) is 2.43. The van der Waals surface area contributed by atoms with Crippen molar-refractivity contribution in [2.45, 2.75) is 44.0 Å². The maximum atomic E-state index is 13.0. The summed E-state index contributed by atoms with van der Waals surface area (Å²) in [4.78, 5) is 4.18. The van der Waals surface area contributed by atoms with E-state index in [1.54, 1.807) is 6.92 Å². The third-order valence-corrected chi connectivity index (χ3v) is 3.98. The molecule has 1 aliphatic rings. The number of aromatic nitrogens is 2. The number of alkyl halides is 3. The van der Waals surface area contributed by atoms with Gasteiger partial charge in [0.05, 0.1) is 11.1 Å². The van der Waals surface area contributed by atoms with Crippen molar-refractivity contribution in [3.05, 3.63) is 41.5 Å². The minimum Gasteiger partial charge on any atom is -0.480 e. The van der Waals surface area contributed by atoms with Crippen LogP contribution in [-0.2, 0) is 11.7 Å². The third kappa shape index (κ3) is 3.03. The van der Waals surface area contributed by atoms with Crippen molar-refractivity contribution in [1.29, 1.82) is 0 Å². The lowest BCUT2D eigenvalue weighted by molar-refractivity contribution is -0.139. The standard InChI is InChI=1S/C15H16F3N3O2/c1-9(12-20-13(21-23-12)14(19)7-4-8-14)22-11-6-3-2-5-10(11)15(16,17)18/h2-3,5-6,9H,4,7-8,19H2,1H3. The van der Waals surface area contributed by atoms with Crippen LogP contribution < -0.4 is 10.5 Å². The predicted molar refractivity (Wildman–Crippen MR) is 74.5 cm³/mol. The first-order chi connectivity index (χ1) is 10.8. The van der Waals surface area contributed by atoms with Crippen LogP contribution in [0.4, 0.5) is 13.2 Å². The molecule has 3 rings (SSSR count). The Morgan fingerprint density at radius 1 is 1.30 bits per heavy atom. The van der Waals surface area contributed by atoms with Crippen molar-refractivity contribution in [3.63, 3.8) is 0 Å². The smallest absolute Gasteiger partial charge is 0.419 e. The second-order valence-corrected chi connectivity index (χ2v) is 5.72. The van der Waals surface area contributed by atoms with Crippen LogP contribution in [0.3, 0.4) is 0 Å². The van der Waals surface area contributed by atoms with Gasteiger partial charge in [0.2, 0.25) is 0 Å². The highest BCUT2D eigenvalue weighted by atomic mass is 19.4. The quantitative estimate of drug-likeness (QED) is 0.929. The van der Waals surface area contributed by atoms with Crippen LogP contribution in [0.25, 0.3) is 0 Å². The van der Waals surface area contributed by atoms with E-state index in [9.17, 15) is 13.2 Å². The van der Waals surface area contributed by atoms with E-state index in [0.29, 0.717) is 5.82 Å². The summed E-state index contributed by atoms with van der Waals surface area (Å²) in [7, 11) is 0. The Hall–Kier alpha value is -2.09. The zero-order valence-corrected chi connectivity index (χ0v) is 12.4. The molecule has 1 aromatic carbocycles. The normalized spacial score (nSPS) is 18.3. The minimum atomic E-state index is -4.50. The number of benzene rings is 1.